The summed E-state index contributed by atoms with van der Waals surface area (Å²) in [4.78, 5) is 26.3. The van der Waals surface area contributed by atoms with Crippen molar-refractivity contribution in [2.75, 3.05) is 50.9 Å². The first-order valence-corrected chi connectivity index (χ1v) is 9.64. The van der Waals surface area contributed by atoms with Crippen LogP contribution in [-0.2, 0) is 21.5 Å². The van der Waals surface area contributed by atoms with Gasteiger partial charge in [-0.15, -0.1) is 0 Å². The summed E-state index contributed by atoms with van der Waals surface area (Å²) in [6, 6.07) is 1.68. The minimum absolute atomic E-state index is 0.108. The van der Waals surface area contributed by atoms with Gasteiger partial charge in [-0.2, -0.15) is 0 Å². The van der Waals surface area contributed by atoms with Gasteiger partial charge < -0.3 is 23.8 Å². The highest BCUT2D eigenvalue weighted by Crippen LogP contribution is 2.40. The van der Waals surface area contributed by atoms with Crippen LogP contribution in [0, 0.1) is 6.92 Å². The Morgan fingerprint density at radius 1 is 1.21 bits per heavy atom. The van der Waals surface area contributed by atoms with Crippen LogP contribution in [-0.4, -0.2) is 71.9 Å². The number of likely N-dealkylation sites (tertiary alicyclic amines) is 1. The highest BCUT2D eigenvalue weighted by Gasteiger charge is 2.46. The maximum absolute atomic E-state index is 12.8. The van der Waals surface area contributed by atoms with Gasteiger partial charge in [0.15, 0.2) is 5.69 Å². The molecule has 5 heterocycles. The number of aromatic nitrogens is 3. The Morgan fingerprint density at radius 3 is 2.86 bits per heavy atom. The highest BCUT2D eigenvalue weighted by atomic mass is 16.5. The van der Waals surface area contributed by atoms with Crippen LogP contribution in [0.15, 0.2) is 16.8 Å². The summed E-state index contributed by atoms with van der Waals surface area (Å²) in [6.07, 6.45) is 2.68. The molecule has 5 rings (SSSR count). The maximum Gasteiger partial charge on any atom is 0.276 e. The lowest BCUT2D eigenvalue weighted by atomic mass is 9.80. The summed E-state index contributed by atoms with van der Waals surface area (Å²) in [5, 5.41) is 3.87. The molecule has 9 nitrogen and oxygen atoms in total. The lowest BCUT2D eigenvalue weighted by molar-refractivity contribution is 0.0482. The summed E-state index contributed by atoms with van der Waals surface area (Å²) in [6.45, 7) is 7.01. The lowest BCUT2D eigenvalue weighted by Crippen LogP contribution is -2.43. The molecule has 0 aromatic carbocycles. The van der Waals surface area contributed by atoms with Gasteiger partial charge in [-0.25, -0.2) is 9.97 Å². The van der Waals surface area contributed by atoms with E-state index in [1.165, 1.54) is 0 Å². The molecule has 2 aromatic heterocycles. The third-order valence-corrected chi connectivity index (χ3v) is 5.77. The highest BCUT2D eigenvalue weighted by molar-refractivity contribution is 5.92. The maximum atomic E-state index is 12.8. The number of rotatable bonds is 2. The van der Waals surface area contributed by atoms with Crippen LogP contribution < -0.4 is 4.90 Å². The largest absolute Gasteiger partial charge is 0.378 e. The molecule has 0 saturated carbocycles. The van der Waals surface area contributed by atoms with Crippen LogP contribution in [0.4, 0.5) is 5.95 Å². The summed E-state index contributed by atoms with van der Waals surface area (Å²) in [5.41, 5.74) is 2.08. The van der Waals surface area contributed by atoms with Gasteiger partial charge in [0.05, 0.1) is 37.5 Å². The predicted molar refractivity (Wildman–Crippen MR) is 98.2 cm³/mol. The lowest BCUT2D eigenvalue weighted by Gasteiger charge is -2.35. The average Bonchev–Trinajstić information content (AvgIpc) is 3.36. The zero-order valence-corrected chi connectivity index (χ0v) is 15.9. The van der Waals surface area contributed by atoms with Crippen molar-refractivity contribution in [3.63, 3.8) is 0 Å². The molecule has 0 aliphatic carbocycles. The number of fused-ring (bicyclic) bond motifs is 2. The van der Waals surface area contributed by atoms with Crippen molar-refractivity contribution in [3.05, 3.63) is 35.0 Å². The molecule has 1 amide bonds. The van der Waals surface area contributed by atoms with Gasteiger partial charge in [-0.1, -0.05) is 5.16 Å². The van der Waals surface area contributed by atoms with Crippen LogP contribution in [0.2, 0.25) is 0 Å². The Morgan fingerprint density at radius 2 is 2.07 bits per heavy atom. The predicted octanol–water partition coefficient (Wildman–Crippen LogP) is 0.924. The van der Waals surface area contributed by atoms with E-state index in [1.807, 2.05) is 11.1 Å². The van der Waals surface area contributed by atoms with E-state index in [9.17, 15) is 4.79 Å². The Kier molecular flexibility index (Phi) is 4.28. The molecule has 9 heteroatoms. The Labute approximate surface area is 162 Å². The summed E-state index contributed by atoms with van der Waals surface area (Å²) < 4.78 is 16.4. The van der Waals surface area contributed by atoms with Crippen molar-refractivity contribution in [1.82, 2.24) is 20.0 Å². The van der Waals surface area contributed by atoms with Crippen LogP contribution in [0.25, 0.3) is 0 Å². The monoisotopic (exact) mass is 385 g/mol. The van der Waals surface area contributed by atoms with Gasteiger partial charge in [0, 0.05) is 44.0 Å². The Hall–Kier alpha value is -2.52. The summed E-state index contributed by atoms with van der Waals surface area (Å²) in [7, 11) is 0. The van der Waals surface area contributed by atoms with E-state index in [4.69, 9.17) is 19.0 Å². The molecule has 148 valence electrons. The zero-order valence-electron chi connectivity index (χ0n) is 15.9. The van der Waals surface area contributed by atoms with Gasteiger partial charge in [-0.3, -0.25) is 4.79 Å². The van der Waals surface area contributed by atoms with E-state index in [-0.39, 0.29) is 11.3 Å². The fourth-order valence-corrected chi connectivity index (χ4v) is 4.29. The number of nitrogens with zero attached hydrogens (tertiary/aromatic N) is 5. The molecule has 2 fully saturated rings. The molecule has 0 radical (unpaired) electrons. The fourth-order valence-electron chi connectivity index (χ4n) is 4.29. The number of hydrogen-bond acceptors (Lipinski definition) is 8. The first-order valence-electron chi connectivity index (χ1n) is 9.64. The van der Waals surface area contributed by atoms with E-state index in [2.05, 4.69) is 15.0 Å². The second kappa shape index (κ2) is 6.82. The van der Waals surface area contributed by atoms with Gasteiger partial charge >= 0.3 is 0 Å². The zero-order chi connectivity index (χ0) is 19.1. The van der Waals surface area contributed by atoms with Gasteiger partial charge in [0.25, 0.3) is 5.91 Å². The average molecular weight is 385 g/mol. The minimum Gasteiger partial charge on any atom is -0.378 e. The minimum atomic E-state index is -0.300. The molecule has 0 bridgehead atoms. The van der Waals surface area contributed by atoms with Crippen LogP contribution in [0.5, 0.6) is 0 Å². The standard InChI is InChI=1S/C19H23N5O4/c1-13-8-15(22-28-13)17(25)24-3-2-19(11-24)12-27-10-14-9-20-18(21-16(14)19)23-4-6-26-7-5-23/h8-9H,2-7,10-12H2,1H3. The van der Waals surface area contributed by atoms with Gasteiger partial charge in [-0.05, 0) is 13.3 Å². The number of aryl methyl sites for hydroxylation is 1. The van der Waals surface area contributed by atoms with Crippen LogP contribution >= 0.6 is 0 Å². The number of amides is 1. The van der Waals surface area contributed by atoms with Gasteiger partial charge in [0.1, 0.15) is 5.76 Å². The Bertz CT molecular complexity index is 894. The quantitative estimate of drug-likeness (QED) is 0.754. The number of anilines is 1. The number of carbonyl (C=O) groups excluding carboxylic acids is 1. The van der Waals surface area contributed by atoms with Crippen molar-refractivity contribution in [2.24, 2.45) is 0 Å². The second-order valence-electron chi connectivity index (χ2n) is 7.72. The van der Waals surface area contributed by atoms with Crippen molar-refractivity contribution in [2.45, 2.75) is 25.4 Å². The van der Waals surface area contributed by atoms with E-state index in [1.54, 1.807) is 13.0 Å². The molecular weight excluding hydrogens is 362 g/mol. The number of ether oxygens (including phenoxy) is 2. The molecule has 1 spiro atoms. The van der Waals surface area contributed by atoms with Crippen LogP contribution in [0.1, 0.15) is 33.9 Å². The molecule has 3 aliphatic heterocycles. The number of morpholine rings is 1. The van der Waals surface area contributed by atoms with Crippen molar-refractivity contribution >= 4 is 11.9 Å². The van der Waals surface area contributed by atoms with E-state index in [0.29, 0.717) is 51.0 Å². The van der Waals surface area contributed by atoms with E-state index >= 15 is 0 Å². The van der Waals surface area contributed by atoms with Crippen LogP contribution in [0.3, 0.4) is 0 Å². The smallest absolute Gasteiger partial charge is 0.276 e. The normalized spacial score (nSPS) is 24.6. The molecule has 1 unspecified atom stereocenters. The fraction of sp³-hybridized carbons (Fsp3) is 0.579. The molecule has 0 N–H and O–H groups in total. The number of hydrogen-bond donors (Lipinski definition) is 0. The van der Waals surface area contributed by atoms with E-state index < -0.39 is 0 Å². The molecule has 1 atom stereocenters. The topological polar surface area (TPSA) is 93.8 Å². The van der Waals surface area contributed by atoms with E-state index in [0.717, 1.165) is 36.7 Å². The summed E-state index contributed by atoms with van der Waals surface area (Å²) >= 11 is 0. The van der Waals surface area contributed by atoms with Crippen molar-refractivity contribution in [1.29, 1.82) is 0 Å². The molecule has 2 aromatic rings. The molecule has 2 saturated heterocycles. The SMILES string of the molecule is Cc1cc(C(=O)N2CCC3(COCc4cnc(N5CCOCC5)nc43)C2)no1. The van der Waals surface area contributed by atoms with Crippen molar-refractivity contribution in [3.8, 4) is 0 Å². The van der Waals surface area contributed by atoms with Gasteiger partial charge in [0.2, 0.25) is 5.95 Å². The third kappa shape index (κ3) is 2.94. The van der Waals surface area contributed by atoms with Crippen molar-refractivity contribution < 1.29 is 18.8 Å². The molecular formula is C19H23N5O4. The molecule has 3 aliphatic rings. The third-order valence-electron chi connectivity index (χ3n) is 5.77. The Balaban J connectivity index is 1.43. The molecule has 28 heavy (non-hydrogen) atoms. The first-order chi connectivity index (χ1) is 13.6. The first kappa shape index (κ1) is 17.6. The summed E-state index contributed by atoms with van der Waals surface area (Å²) in [5.74, 6) is 1.26. The second-order valence-corrected chi connectivity index (χ2v) is 7.72. The number of carbonyl (C=O) groups is 1.